The van der Waals surface area contributed by atoms with Gasteiger partial charge < -0.3 is 19.5 Å². The zero-order valence-corrected chi connectivity index (χ0v) is 15.9. The molecule has 0 aliphatic rings. The highest BCUT2D eigenvalue weighted by molar-refractivity contribution is 5.78. The molecule has 2 aromatic rings. The molecular weight excluding hydrogens is 330 g/mol. The number of amides is 1. The van der Waals surface area contributed by atoms with Gasteiger partial charge >= 0.3 is 0 Å². The van der Waals surface area contributed by atoms with E-state index in [4.69, 9.17) is 14.2 Å². The summed E-state index contributed by atoms with van der Waals surface area (Å²) in [6.07, 6.45) is 0.334. The summed E-state index contributed by atoms with van der Waals surface area (Å²) in [4.78, 5) is 12.2. The highest BCUT2D eigenvalue weighted by Crippen LogP contribution is 2.28. The highest BCUT2D eigenvalue weighted by Gasteiger charge is 2.09. The van der Waals surface area contributed by atoms with Crippen LogP contribution in [0.5, 0.6) is 17.2 Å². The number of nitrogens with one attached hydrogen (secondary N) is 1. The first kappa shape index (κ1) is 19.6. The van der Waals surface area contributed by atoms with Crippen molar-refractivity contribution in [2.45, 2.75) is 33.7 Å². The van der Waals surface area contributed by atoms with Crippen LogP contribution in [0.3, 0.4) is 0 Å². The molecule has 0 aliphatic heterocycles. The van der Waals surface area contributed by atoms with Gasteiger partial charge in [-0.15, -0.1) is 0 Å². The van der Waals surface area contributed by atoms with E-state index in [0.29, 0.717) is 31.9 Å². The largest absolute Gasteiger partial charge is 0.496 e. The van der Waals surface area contributed by atoms with Crippen LogP contribution in [-0.2, 0) is 17.8 Å². The lowest BCUT2D eigenvalue weighted by atomic mass is 10.1. The second kappa shape index (κ2) is 9.70. The van der Waals surface area contributed by atoms with Crippen LogP contribution in [0.1, 0.15) is 30.5 Å². The van der Waals surface area contributed by atoms with Crippen LogP contribution in [0.2, 0.25) is 0 Å². The topological polar surface area (TPSA) is 56.8 Å². The van der Waals surface area contributed by atoms with Gasteiger partial charge in [0.2, 0.25) is 5.91 Å². The fourth-order valence-electron chi connectivity index (χ4n) is 2.70. The predicted octanol–water partition coefficient (Wildman–Crippen LogP) is 3.66. The van der Waals surface area contributed by atoms with Crippen LogP contribution >= 0.6 is 0 Å². The third-order valence-corrected chi connectivity index (χ3v) is 3.92. The molecule has 2 aromatic carbocycles. The maximum Gasteiger partial charge on any atom is 0.224 e. The SMILES string of the molecule is CCOc1ccc(CNC(=O)Cc2ccc(OC)c(C)c2)cc1OCC. The van der Waals surface area contributed by atoms with E-state index in [2.05, 4.69) is 5.32 Å². The van der Waals surface area contributed by atoms with Crippen molar-refractivity contribution in [1.29, 1.82) is 0 Å². The highest BCUT2D eigenvalue weighted by atomic mass is 16.5. The summed E-state index contributed by atoms with van der Waals surface area (Å²) in [5.41, 5.74) is 2.95. The second-order valence-electron chi connectivity index (χ2n) is 5.90. The Morgan fingerprint density at radius 1 is 0.923 bits per heavy atom. The molecule has 0 fully saturated rings. The van der Waals surface area contributed by atoms with E-state index in [1.165, 1.54) is 0 Å². The molecule has 0 bridgehead atoms. The van der Waals surface area contributed by atoms with Crippen molar-refractivity contribution in [2.75, 3.05) is 20.3 Å². The van der Waals surface area contributed by atoms with E-state index in [-0.39, 0.29) is 5.91 Å². The van der Waals surface area contributed by atoms with E-state index in [1.807, 2.05) is 57.2 Å². The van der Waals surface area contributed by atoms with Gasteiger partial charge in [-0.1, -0.05) is 18.2 Å². The number of carbonyl (C=O) groups is 1. The first-order chi connectivity index (χ1) is 12.6. The number of carbonyl (C=O) groups excluding carboxylic acids is 1. The monoisotopic (exact) mass is 357 g/mol. The fraction of sp³-hybridized carbons (Fsp3) is 0.381. The Bertz CT molecular complexity index is 743. The molecule has 5 heteroatoms. The lowest BCUT2D eigenvalue weighted by Gasteiger charge is -2.13. The Labute approximate surface area is 155 Å². The maximum absolute atomic E-state index is 12.2. The third kappa shape index (κ3) is 5.41. The normalized spacial score (nSPS) is 10.3. The van der Waals surface area contributed by atoms with Gasteiger partial charge in [0.1, 0.15) is 5.75 Å². The van der Waals surface area contributed by atoms with Gasteiger partial charge in [0.15, 0.2) is 11.5 Å². The smallest absolute Gasteiger partial charge is 0.224 e. The molecule has 0 heterocycles. The van der Waals surface area contributed by atoms with Gasteiger partial charge in [-0.2, -0.15) is 0 Å². The van der Waals surface area contributed by atoms with Gasteiger partial charge in [0.25, 0.3) is 0 Å². The molecule has 0 aromatic heterocycles. The van der Waals surface area contributed by atoms with Crippen LogP contribution in [0.4, 0.5) is 0 Å². The minimum atomic E-state index is -0.0265. The van der Waals surface area contributed by atoms with E-state index >= 15 is 0 Å². The van der Waals surface area contributed by atoms with Gasteiger partial charge in [0, 0.05) is 6.54 Å². The van der Waals surface area contributed by atoms with Crippen LogP contribution in [0.15, 0.2) is 36.4 Å². The van der Waals surface area contributed by atoms with Crippen LogP contribution in [-0.4, -0.2) is 26.2 Å². The van der Waals surface area contributed by atoms with E-state index in [1.54, 1.807) is 7.11 Å². The van der Waals surface area contributed by atoms with Crippen molar-refractivity contribution in [3.8, 4) is 17.2 Å². The molecule has 140 valence electrons. The minimum Gasteiger partial charge on any atom is -0.496 e. The number of aryl methyl sites for hydroxylation is 1. The molecule has 0 unspecified atom stereocenters. The molecule has 26 heavy (non-hydrogen) atoms. The van der Waals surface area contributed by atoms with E-state index < -0.39 is 0 Å². The van der Waals surface area contributed by atoms with Crippen molar-refractivity contribution in [1.82, 2.24) is 5.32 Å². The number of rotatable bonds is 9. The summed E-state index contributed by atoms with van der Waals surface area (Å²) >= 11 is 0. The average Bonchev–Trinajstić information content (AvgIpc) is 2.62. The van der Waals surface area contributed by atoms with Crippen LogP contribution < -0.4 is 19.5 Å². The maximum atomic E-state index is 12.2. The summed E-state index contributed by atoms with van der Waals surface area (Å²) in [5, 5.41) is 2.95. The Balaban J connectivity index is 1.96. The lowest BCUT2D eigenvalue weighted by Crippen LogP contribution is -2.24. The molecule has 1 amide bonds. The lowest BCUT2D eigenvalue weighted by molar-refractivity contribution is -0.120. The molecule has 0 spiro atoms. The first-order valence-electron chi connectivity index (χ1n) is 8.86. The van der Waals surface area contributed by atoms with Gasteiger partial charge in [-0.05, 0) is 55.7 Å². The predicted molar refractivity (Wildman–Crippen MR) is 102 cm³/mol. The number of benzene rings is 2. The second-order valence-corrected chi connectivity index (χ2v) is 5.90. The minimum absolute atomic E-state index is 0.0265. The van der Waals surface area contributed by atoms with E-state index in [0.717, 1.165) is 28.2 Å². The number of methoxy groups -OCH3 is 1. The Hall–Kier alpha value is -2.69. The molecule has 1 N–H and O–H groups in total. The number of hydrogen-bond donors (Lipinski definition) is 1. The third-order valence-electron chi connectivity index (χ3n) is 3.92. The molecule has 0 atom stereocenters. The van der Waals surface area contributed by atoms with Crippen LogP contribution in [0.25, 0.3) is 0 Å². The van der Waals surface area contributed by atoms with Gasteiger partial charge in [0.05, 0.1) is 26.7 Å². The zero-order valence-electron chi connectivity index (χ0n) is 15.9. The molecular formula is C21H27NO4. The Morgan fingerprint density at radius 2 is 1.58 bits per heavy atom. The van der Waals surface area contributed by atoms with Crippen molar-refractivity contribution in [3.05, 3.63) is 53.1 Å². The summed E-state index contributed by atoms with van der Waals surface area (Å²) in [6.45, 7) is 7.42. The number of hydrogen-bond acceptors (Lipinski definition) is 4. The molecule has 0 radical (unpaired) electrons. The van der Waals surface area contributed by atoms with Crippen molar-refractivity contribution in [3.63, 3.8) is 0 Å². The summed E-state index contributed by atoms with van der Waals surface area (Å²) < 4.78 is 16.4. The van der Waals surface area contributed by atoms with E-state index in [9.17, 15) is 4.79 Å². The molecule has 0 aliphatic carbocycles. The first-order valence-corrected chi connectivity index (χ1v) is 8.86. The number of ether oxygens (including phenoxy) is 3. The summed E-state index contributed by atoms with van der Waals surface area (Å²) in [6, 6.07) is 11.5. The summed E-state index contributed by atoms with van der Waals surface area (Å²) in [7, 11) is 1.64. The fourth-order valence-corrected chi connectivity index (χ4v) is 2.70. The Morgan fingerprint density at radius 3 is 2.23 bits per heavy atom. The molecule has 0 saturated heterocycles. The average molecular weight is 357 g/mol. The van der Waals surface area contributed by atoms with Crippen LogP contribution in [0, 0.1) is 6.92 Å². The molecule has 0 saturated carbocycles. The van der Waals surface area contributed by atoms with Crippen molar-refractivity contribution >= 4 is 5.91 Å². The van der Waals surface area contributed by atoms with Gasteiger partial charge in [-0.25, -0.2) is 0 Å². The zero-order chi connectivity index (χ0) is 18.9. The standard InChI is InChI=1S/C21H27NO4/c1-5-25-19-10-8-17(12-20(19)26-6-2)14-22-21(23)13-16-7-9-18(24-4)15(3)11-16/h7-12H,5-6,13-14H2,1-4H3,(H,22,23). The van der Waals surface area contributed by atoms with Gasteiger partial charge in [-0.3, -0.25) is 4.79 Å². The molecule has 5 nitrogen and oxygen atoms in total. The Kier molecular flexibility index (Phi) is 7.33. The van der Waals surface area contributed by atoms with Crippen molar-refractivity contribution in [2.24, 2.45) is 0 Å². The van der Waals surface area contributed by atoms with Crippen molar-refractivity contribution < 1.29 is 19.0 Å². The molecule has 2 rings (SSSR count). The summed E-state index contributed by atoms with van der Waals surface area (Å²) in [5.74, 6) is 2.22. The quantitative estimate of drug-likeness (QED) is 0.744.